The summed E-state index contributed by atoms with van der Waals surface area (Å²) in [6.45, 7) is 2.23. The average Bonchev–Trinajstić information content (AvgIpc) is 3.65. The van der Waals surface area contributed by atoms with Crippen LogP contribution in [-0.2, 0) is 14.4 Å². The van der Waals surface area contributed by atoms with Gasteiger partial charge >= 0.3 is 0 Å². The number of carbonyl (C=O) groups is 5. The van der Waals surface area contributed by atoms with E-state index in [1.54, 1.807) is 18.2 Å². The minimum Gasteiger partial charge on any atom is -0.385 e. The number of rotatable bonds is 10. The molecule has 2 N–H and O–H groups in total. The highest BCUT2D eigenvalue weighted by molar-refractivity contribution is 6.23. The van der Waals surface area contributed by atoms with E-state index in [-0.39, 0.29) is 29.9 Å². The molecular weight excluding hydrogens is 524 g/mol. The summed E-state index contributed by atoms with van der Waals surface area (Å²) in [7, 11) is 0. The molecule has 1 aliphatic carbocycles. The molecule has 5 amide bonds. The molecule has 1 saturated carbocycles. The molecule has 0 spiro atoms. The molecule has 11 nitrogen and oxygen atoms in total. The third-order valence-corrected chi connectivity index (χ3v) is 8.70. The Hall–Kier alpha value is -4.02. The van der Waals surface area contributed by atoms with E-state index in [0.29, 0.717) is 24.9 Å². The monoisotopic (exact) mass is 560 g/mol. The molecule has 216 valence electrons. The largest absolute Gasteiger partial charge is 0.385 e. The molecule has 1 aromatic heterocycles. The van der Waals surface area contributed by atoms with E-state index >= 15 is 0 Å². The van der Waals surface area contributed by atoms with Crippen molar-refractivity contribution < 1.29 is 24.0 Å². The minimum atomic E-state index is -0.970. The normalized spacial score (nSPS) is 21.3. The van der Waals surface area contributed by atoms with Crippen molar-refractivity contribution in [2.24, 2.45) is 0 Å². The van der Waals surface area contributed by atoms with Gasteiger partial charge in [-0.3, -0.25) is 38.9 Å². The van der Waals surface area contributed by atoms with Crippen LogP contribution in [0, 0.1) is 0 Å². The first-order chi connectivity index (χ1) is 19.9. The maximum absolute atomic E-state index is 13.0. The number of unbranched alkanes of at least 4 members (excludes halogenated alkanes) is 2. The number of aromatic nitrogens is 2. The zero-order valence-electron chi connectivity index (χ0n) is 23.1. The second-order valence-corrected chi connectivity index (χ2v) is 11.6. The van der Waals surface area contributed by atoms with Gasteiger partial charge in [0.15, 0.2) is 0 Å². The number of likely N-dealkylation sites (tertiary alicyclic amines) is 1. The molecule has 0 bridgehead atoms. The fourth-order valence-electron chi connectivity index (χ4n) is 6.11. The van der Waals surface area contributed by atoms with E-state index in [4.69, 9.17) is 0 Å². The van der Waals surface area contributed by atoms with Crippen molar-refractivity contribution in [1.82, 2.24) is 24.9 Å². The van der Waals surface area contributed by atoms with Gasteiger partial charge in [0.1, 0.15) is 6.04 Å². The standard InChI is InChI=1S/C30H36N6O5/c37-26-10-9-25(28(39)33-26)36-29(40)23-8-7-21(16-24(23)30(36)41)31-13-3-1-2-4-27(38)34-14-11-22(12-15-34)35-18-20(17-32-35)19-5-6-19/h7-8,16-19,22,25,31H,1-6,9-15H2,(H,33,37,39). The summed E-state index contributed by atoms with van der Waals surface area (Å²) in [6, 6.07) is 4.41. The molecule has 11 heteroatoms. The molecule has 3 aliphatic heterocycles. The summed E-state index contributed by atoms with van der Waals surface area (Å²) in [4.78, 5) is 65.2. The highest BCUT2D eigenvalue weighted by atomic mass is 16.2. The zero-order chi connectivity index (χ0) is 28.5. The smallest absolute Gasteiger partial charge is 0.262 e. The van der Waals surface area contributed by atoms with Gasteiger partial charge in [-0.1, -0.05) is 6.42 Å². The van der Waals surface area contributed by atoms with E-state index in [2.05, 4.69) is 26.6 Å². The van der Waals surface area contributed by atoms with Crippen molar-refractivity contribution in [1.29, 1.82) is 0 Å². The average molecular weight is 561 g/mol. The number of hydrogen-bond donors (Lipinski definition) is 2. The predicted molar refractivity (Wildman–Crippen MR) is 149 cm³/mol. The van der Waals surface area contributed by atoms with Crippen LogP contribution < -0.4 is 10.6 Å². The van der Waals surface area contributed by atoms with Crippen molar-refractivity contribution in [2.75, 3.05) is 25.0 Å². The van der Waals surface area contributed by atoms with Crippen LogP contribution in [0.4, 0.5) is 5.69 Å². The lowest BCUT2D eigenvalue weighted by atomic mass is 10.0. The number of carbonyl (C=O) groups excluding carboxylic acids is 5. The molecule has 2 aromatic rings. The summed E-state index contributed by atoms with van der Waals surface area (Å²) < 4.78 is 2.10. The Bertz CT molecular complexity index is 1370. The number of piperidine rings is 2. The summed E-state index contributed by atoms with van der Waals surface area (Å²) in [5.74, 6) is -1.11. The van der Waals surface area contributed by atoms with Crippen LogP contribution >= 0.6 is 0 Å². The molecular formula is C30H36N6O5. The molecule has 1 unspecified atom stereocenters. The molecule has 4 heterocycles. The molecule has 4 aliphatic rings. The van der Waals surface area contributed by atoms with Crippen LogP contribution in [0.15, 0.2) is 30.6 Å². The Morgan fingerprint density at radius 2 is 1.73 bits per heavy atom. The van der Waals surface area contributed by atoms with Gasteiger partial charge < -0.3 is 10.2 Å². The number of hydrogen-bond acceptors (Lipinski definition) is 7. The zero-order valence-corrected chi connectivity index (χ0v) is 23.1. The van der Waals surface area contributed by atoms with Gasteiger partial charge in [-0.15, -0.1) is 0 Å². The van der Waals surface area contributed by atoms with Crippen molar-refractivity contribution >= 4 is 35.2 Å². The van der Waals surface area contributed by atoms with Crippen LogP contribution in [0.5, 0.6) is 0 Å². The number of benzene rings is 1. The van der Waals surface area contributed by atoms with Crippen molar-refractivity contribution in [3.63, 3.8) is 0 Å². The molecule has 2 saturated heterocycles. The lowest BCUT2D eigenvalue weighted by Gasteiger charge is -2.32. The van der Waals surface area contributed by atoms with Crippen LogP contribution in [0.3, 0.4) is 0 Å². The number of anilines is 1. The van der Waals surface area contributed by atoms with Gasteiger partial charge in [0.2, 0.25) is 17.7 Å². The maximum atomic E-state index is 13.0. The first-order valence-electron chi connectivity index (χ1n) is 14.8. The third-order valence-electron chi connectivity index (χ3n) is 8.70. The van der Waals surface area contributed by atoms with Gasteiger partial charge in [0.25, 0.3) is 11.8 Å². The number of amides is 5. The number of imide groups is 2. The number of fused-ring (bicyclic) bond motifs is 1. The number of nitrogens with one attached hydrogen (secondary N) is 2. The lowest BCUT2D eigenvalue weighted by molar-refractivity contribution is -0.136. The topological polar surface area (TPSA) is 134 Å². The maximum Gasteiger partial charge on any atom is 0.262 e. The summed E-state index contributed by atoms with van der Waals surface area (Å²) >= 11 is 0. The Morgan fingerprint density at radius 1 is 0.951 bits per heavy atom. The third kappa shape index (κ3) is 5.75. The predicted octanol–water partition coefficient (Wildman–Crippen LogP) is 3.00. The first kappa shape index (κ1) is 27.2. The molecule has 41 heavy (non-hydrogen) atoms. The van der Waals surface area contributed by atoms with Crippen LogP contribution in [-0.4, -0.2) is 74.8 Å². The van der Waals surface area contributed by atoms with Crippen LogP contribution in [0.1, 0.15) is 102 Å². The van der Waals surface area contributed by atoms with Gasteiger partial charge in [-0.25, -0.2) is 0 Å². The quantitative estimate of drug-likeness (QED) is 0.337. The van der Waals surface area contributed by atoms with Crippen molar-refractivity contribution in [2.45, 2.75) is 82.2 Å². The molecule has 6 rings (SSSR count). The van der Waals surface area contributed by atoms with Crippen molar-refractivity contribution in [3.05, 3.63) is 47.3 Å². The Kier molecular flexibility index (Phi) is 7.59. The van der Waals surface area contributed by atoms with Gasteiger partial charge in [-0.05, 0) is 74.6 Å². The lowest BCUT2D eigenvalue weighted by Crippen LogP contribution is -2.54. The van der Waals surface area contributed by atoms with E-state index in [9.17, 15) is 24.0 Å². The Morgan fingerprint density at radius 3 is 2.49 bits per heavy atom. The highest BCUT2D eigenvalue weighted by Gasteiger charge is 2.44. The molecule has 3 fully saturated rings. The van der Waals surface area contributed by atoms with E-state index < -0.39 is 29.7 Å². The van der Waals surface area contributed by atoms with Crippen LogP contribution in [0.25, 0.3) is 0 Å². The fraction of sp³-hybridized carbons (Fsp3) is 0.533. The second kappa shape index (κ2) is 11.5. The second-order valence-electron chi connectivity index (χ2n) is 11.6. The molecule has 0 radical (unpaired) electrons. The SMILES string of the molecule is O=C1CCC(N2C(=O)c3ccc(NCCCCCC(=O)N4CCC(n5cc(C6CC6)cn5)CC4)cc3C2=O)C(=O)N1. The van der Waals surface area contributed by atoms with E-state index in [1.165, 1.54) is 18.4 Å². The highest BCUT2D eigenvalue weighted by Crippen LogP contribution is 2.40. The van der Waals surface area contributed by atoms with Crippen LogP contribution in [0.2, 0.25) is 0 Å². The Balaban J connectivity index is 0.902. The van der Waals surface area contributed by atoms with Gasteiger partial charge in [-0.2, -0.15) is 5.10 Å². The first-order valence-corrected chi connectivity index (χ1v) is 14.8. The summed E-state index contributed by atoms with van der Waals surface area (Å²) in [5, 5.41) is 10.1. The minimum absolute atomic E-state index is 0.0911. The Labute approximate surface area is 238 Å². The molecule has 1 atom stereocenters. The van der Waals surface area contributed by atoms with Crippen molar-refractivity contribution in [3.8, 4) is 0 Å². The van der Waals surface area contributed by atoms with Gasteiger partial charge in [0, 0.05) is 44.4 Å². The van der Waals surface area contributed by atoms with E-state index in [1.807, 2.05) is 11.1 Å². The summed E-state index contributed by atoms with van der Waals surface area (Å²) in [5.41, 5.74) is 2.60. The summed E-state index contributed by atoms with van der Waals surface area (Å²) in [6.07, 6.45) is 12.0. The molecule has 1 aromatic carbocycles. The van der Waals surface area contributed by atoms with Gasteiger partial charge in [0.05, 0.1) is 23.4 Å². The fourth-order valence-corrected chi connectivity index (χ4v) is 6.11. The number of nitrogens with zero attached hydrogens (tertiary/aromatic N) is 4. The van der Waals surface area contributed by atoms with E-state index in [0.717, 1.165) is 55.8 Å².